The van der Waals surface area contributed by atoms with Gasteiger partial charge in [0.05, 0.1) is 18.4 Å². The number of anilines is 1. The van der Waals surface area contributed by atoms with E-state index in [9.17, 15) is 4.79 Å². The fourth-order valence-corrected chi connectivity index (χ4v) is 2.14. The van der Waals surface area contributed by atoms with E-state index in [1.807, 2.05) is 0 Å². The smallest absolute Gasteiger partial charge is 0.340 e. The minimum atomic E-state index is -0.553. The SMILES string of the molecule is COc1cccc(C(=O)OCc2cc(Cl)ccc2Cl)c1N. The highest BCUT2D eigenvalue weighted by Gasteiger charge is 2.15. The number of carbonyl (C=O) groups is 1. The van der Waals surface area contributed by atoms with Gasteiger partial charge < -0.3 is 15.2 Å². The summed E-state index contributed by atoms with van der Waals surface area (Å²) in [5.41, 5.74) is 6.95. The molecule has 0 heterocycles. The molecule has 0 atom stereocenters. The first kappa shape index (κ1) is 15.5. The fourth-order valence-electron chi connectivity index (χ4n) is 1.77. The van der Waals surface area contributed by atoms with Crippen LogP contribution in [0.5, 0.6) is 5.75 Å². The molecule has 0 spiro atoms. The van der Waals surface area contributed by atoms with Crippen molar-refractivity contribution in [2.24, 2.45) is 0 Å². The van der Waals surface area contributed by atoms with Gasteiger partial charge in [-0.2, -0.15) is 0 Å². The Morgan fingerprint density at radius 2 is 2.00 bits per heavy atom. The highest BCUT2D eigenvalue weighted by atomic mass is 35.5. The molecule has 6 heteroatoms. The van der Waals surface area contributed by atoms with Gasteiger partial charge in [0.25, 0.3) is 0 Å². The van der Waals surface area contributed by atoms with Gasteiger partial charge in [0, 0.05) is 15.6 Å². The zero-order valence-electron chi connectivity index (χ0n) is 11.2. The number of carbonyl (C=O) groups excluding carboxylic acids is 1. The molecular weight excluding hydrogens is 313 g/mol. The molecule has 0 unspecified atom stereocenters. The topological polar surface area (TPSA) is 61.5 Å². The first-order valence-corrected chi connectivity index (χ1v) is 6.82. The van der Waals surface area contributed by atoms with Crippen LogP contribution in [0, 0.1) is 0 Å². The van der Waals surface area contributed by atoms with Crippen LogP contribution in [0.3, 0.4) is 0 Å². The van der Waals surface area contributed by atoms with Crippen molar-refractivity contribution < 1.29 is 14.3 Å². The zero-order chi connectivity index (χ0) is 15.4. The lowest BCUT2D eigenvalue weighted by atomic mass is 10.1. The summed E-state index contributed by atoms with van der Waals surface area (Å²) >= 11 is 11.9. The number of ether oxygens (including phenoxy) is 2. The number of methoxy groups -OCH3 is 1. The van der Waals surface area contributed by atoms with E-state index < -0.39 is 5.97 Å². The number of hydrogen-bond acceptors (Lipinski definition) is 4. The predicted molar refractivity (Wildman–Crippen MR) is 83.0 cm³/mol. The van der Waals surface area contributed by atoms with Crippen molar-refractivity contribution >= 4 is 34.9 Å². The van der Waals surface area contributed by atoms with Crippen LogP contribution in [0.1, 0.15) is 15.9 Å². The highest BCUT2D eigenvalue weighted by Crippen LogP contribution is 2.26. The summed E-state index contributed by atoms with van der Waals surface area (Å²) in [4.78, 5) is 12.1. The van der Waals surface area contributed by atoms with E-state index in [0.29, 0.717) is 21.4 Å². The van der Waals surface area contributed by atoms with Gasteiger partial charge in [-0.05, 0) is 30.3 Å². The van der Waals surface area contributed by atoms with E-state index in [1.54, 1.807) is 36.4 Å². The van der Waals surface area contributed by atoms with Crippen LogP contribution >= 0.6 is 23.2 Å². The maximum Gasteiger partial charge on any atom is 0.340 e. The first-order chi connectivity index (χ1) is 10.0. The molecule has 0 amide bonds. The molecule has 2 aromatic rings. The van der Waals surface area contributed by atoms with Crippen LogP contribution in [0.2, 0.25) is 10.0 Å². The van der Waals surface area contributed by atoms with Gasteiger partial charge in [-0.25, -0.2) is 4.79 Å². The second-order valence-electron chi connectivity index (χ2n) is 4.23. The Hall–Kier alpha value is -1.91. The van der Waals surface area contributed by atoms with Crippen molar-refractivity contribution in [3.8, 4) is 5.75 Å². The molecule has 2 aromatic carbocycles. The Morgan fingerprint density at radius 1 is 1.24 bits per heavy atom. The van der Waals surface area contributed by atoms with Gasteiger partial charge in [-0.1, -0.05) is 29.3 Å². The third-order valence-electron chi connectivity index (χ3n) is 2.87. The molecule has 2 N–H and O–H groups in total. The molecule has 4 nitrogen and oxygen atoms in total. The van der Waals surface area contributed by atoms with Crippen LogP contribution in [-0.4, -0.2) is 13.1 Å². The lowest BCUT2D eigenvalue weighted by Gasteiger charge is -2.10. The Kier molecular flexibility index (Phi) is 4.94. The Morgan fingerprint density at radius 3 is 2.71 bits per heavy atom. The number of esters is 1. The van der Waals surface area contributed by atoms with E-state index in [-0.39, 0.29) is 17.9 Å². The molecule has 0 fully saturated rings. The summed E-state index contributed by atoms with van der Waals surface area (Å²) in [5, 5.41) is 0.997. The standard InChI is InChI=1S/C15H13Cl2NO3/c1-20-13-4-2-3-11(14(13)18)15(19)21-8-9-7-10(16)5-6-12(9)17/h2-7H,8,18H2,1H3. The van der Waals surface area contributed by atoms with Crippen molar-refractivity contribution in [3.05, 3.63) is 57.6 Å². The zero-order valence-corrected chi connectivity index (χ0v) is 12.7. The quantitative estimate of drug-likeness (QED) is 0.683. The van der Waals surface area contributed by atoms with Gasteiger partial charge in [-0.3, -0.25) is 0 Å². The van der Waals surface area contributed by atoms with Crippen molar-refractivity contribution in [2.75, 3.05) is 12.8 Å². The monoisotopic (exact) mass is 325 g/mol. The molecule has 0 bridgehead atoms. The van der Waals surface area contributed by atoms with Crippen LogP contribution in [0.15, 0.2) is 36.4 Å². The second kappa shape index (κ2) is 6.70. The number of rotatable bonds is 4. The Bertz CT molecular complexity index is 674. The van der Waals surface area contributed by atoms with E-state index in [0.717, 1.165) is 0 Å². The predicted octanol–water partition coefficient (Wildman–Crippen LogP) is 3.94. The summed E-state index contributed by atoms with van der Waals surface area (Å²) < 4.78 is 10.3. The Balaban J connectivity index is 2.14. The van der Waals surface area contributed by atoms with Crippen LogP contribution in [0.25, 0.3) is 0 Å². The molecule has 0 saturated carbocycles. The third-order valence-corrected chi connectivity index (χ3v) is 3.48. The molecule has 0 aliphatic rings. The van der Waals surface area contributed by atoms with Crippen molar-refractivity contribution in [1.82, 2.24) is 0 Å². The molecule has 0 aliphatic heterocycles. The highest BCUT2D eigenvalue weighted by molar-refractivity contribution is 6.33. The summed E-state index contributed by atoms with van der Waals surface area (Å²) in [6, 6.07) is 9.85. The minimum absolute atomic E-state index is 0.00881. The summed E-state index contributed by atoms with van der Waals surface area (Å²) in [6.07, 6.45) is 0. The summed E-state index contributed by atoms with van der Waals surface area (Å²) in [6.45, 7) is 0.00881. The molecule has 0 saturated heterocycles. The molecule has 0 aromatic heterocycles. The van der Waals surface area contributed by atoms with Gasteiger partial charge in [-0.15, -0.1) is 0 Å². The van der Waals surface area contributed by atoms with Gasteiger partial charge in [0.15, 0.2) is 0 Å². The molecule has 110 valence electrons. The van der Waals surface area contributed by atoms with Crippen molar-refractivity contribution in [3.63, 3.8) is 0 Å². The second-order valence-corrected chi connectivity index (χ2v) is 5.08. The number of hydrogen-bond donors (Lipinski definition) is 1. The summed E-state index contributed by atoms with van der Waals surface area (Å²) in [7, 11) is 1.48. The van der Waals surface area contributed by atoms with E-state index in [4.69, 9.17) is 38.4 Å². The number of halogens is 2. The molecule has 21 heavy (non-hydrogen) atoms. The van der Waals surface area contributed by atoms with E-state index in [1.165, 1.54) is 7.11 Å². The number of nitrogen functional groups attached to an aromatic ring is 1. The van der Waals surface area contributed by atoms with Gasteiger partial charge >= 0.3 is 5.97 Å². The normalized spacial score (nSPS) is 10.2. The molecule has 0 aliphatic carbocycles. The van der Waals surface area contributed by atoms with Crippen molar-refractivity contribution in [1.29, 1.82) is 0 Å². The largest absolute Gasteiger partial charge is 0.495 e. The maximum absolute atomic E-state index is 12.1. The number of benzene rings is 2. The fraction of sp³-hybridized carbons (Fsp3) is 0.133. The molecular formula is C15H13Cl2NO3. The van der Waals surface area contributed by atoms with Crippen LogP contribution in [0.4, 0.5) is 5.69 Å². The summed E-state index contributed by atoms with van der Waals surface area (Å²) in [5.74, 6) is -0.132. The van der Waals surface area contributed by atoms with Crippen LogP contribution < -0.4 is 10.5 Å². The van der Waals surface area contributed by atoms with Crippen molar-refractivity contribution in [2.45, 2.75) is 6.61 Å². The minimum Gasteiger partial charge on any atom is -0.495 e. The Labute approximate surface area is 132 Å². The lowest BCUT2D eigenvalue weighted by molar-refractivity contribution is 0.0474. The van der Waals surface area contributed by atoms with E-state index >= 15 is 0 Å². The van der Waals surface area contributed by atoms with E-state index in [2.05, 4.69) is 0 Å². The van der Waals surface area contributed by atoms with Gasteiger partial charge in [0.2, 0.25) is 0 Å². The third kappa shape index (κ3) is 3.60. The molecule has 0 radical (unpaired) electrons. The first-order valence-electron chi connectivity index (χ1n) is 6.06. The molecule has 2 rings (SSSR count). The average molecular weight is 326 g/mol. The maximum atomic E-state index is 12.1. The van der Waals surface area contributed by atoms with Crippen LogP contribution in [-0.2, 0) is 11.3 Å². The average Bonchev–Trinajstić information content (AvgIpc) is 2.48. The lowest BCUT2D eigenvalue weighted by Crippen LogP contribution is -2.09. The van der Waals surface area contributed by atoms with Gasteiger partial charge in [0.1, 0.15) is 12.4 Å². The number of para-hydroxylation sites is 1. The number of nitrogens with two attached hydrogens (primary N) is 1.